The highest BCUT2D eigenvalue weighted by Crippen LogP contribution is 2.30. The average molecular weight is 484 g/mol. The number of benzene rings is 2. The molecule has 8 heteroatoms. The number of nitrogens with zero attached hydrogens (tertiary/aromatic N) is 2. The molecule has 2 aromatic carbocycles. The summed E-state index contributed by atoms with van der Waals surface area (Å²) in [6, 6.07) is 14.8. The number of sulfonamides is 1. The molecular formula is C25H29N3O3S2. The highest BCUT2D eigenvalue weighted by Gasteiger charge is 2.27. The van der Waals surface area contributed by atoms with Crippen molar-refractivity contribution in [2.24, 2.45) is 0 Å². The lowest BCUT2D eigenvalue weighted by Gasteiger charge is -2.17. The minimum Gasteiger partial charge on any atom is -0.325 e. The number of anilines is 1. The van der Waals surface area contributed by atoms with E-state index in [0.717, 1.165) is 52.0 Å². The second kappa shape index (κ2) is 9.83. The van der Waals surface area contributed by atoms with E-state index in [0.29, 0.717) is 18.0 Å². The second-order valence-electron chi connectivity index (χ2n) is 8.33. The number of carbonyl (C=O) groups is 1. The van der Waals surface area contributed by atoms with Gasteiger partial charge in [-0.3, -0.25) is 4.79 Å². The van der Waals surface area contributed by atoms with Crippen LogP contribution in [-0.4, -0.2) is 42.0 Å². The first-order chi connectivity index (χ1) is 15.8. The van der Waals surface area contributed by atoms with Crippen LogP contribution in [0.15, 0.2) is 58.5 Å². The monoisotopic (exact) mass is 483 g/mol. The lowest BCUT2D eigenvalue weighted by Crippen LogP contribution is -2.27. The Morgan fingerprint density at radius 1 is 1.15 bits per heavy atom. The molecule has 0 spiro atoms. The van der Waals surface area contributed by atoms with Crippen LogP contribution in [0.1, 0.15) is 37.8 Å². The summed E-state index contributed by atoms with van der Waals surface area (Å²) < 4.78 is 27.4. The molecule has 3 aromatic rings. The molecule has 0 unspecified atom stereocenters. The third-order valence-electron chi connectivity index (χ3n) is 5.99. The Labute approximate surface area is 199 Å². The molecule has 1 atom stereocenters. The van der Waals surface area contributed by atoms with Crippen molar-refractivity contribution in [3.05, 3.63) is 59.7 Å². The Hall–Kier alpha value is -2.42. The number of carbonyl (C=O) groups excluding carboxylic acids is 1. The number of hydrogen-bond donors (Lipinski definition) is 1. The van der Waals surface area contributed by atoms with Crippen LogP contribution in [-0.2, 0) is 21.2 Å². The maximum atomic E-state index is 12.9. The van der Waals surface area contributed by atoms with Crippen LogP contribution in [0, 0.1) is 6.92 Å². The first kappa shape index (κ1) is 23.7. The average Bonchev–Trinajstić information content (AvgIpc) is 3.35. The van der Waals surface area contributed by atoms with Crippen molar-refractivity contribution in [3.8, 4) is 0 Å². The van der Waals surface area contributed by atoms with Crippen molar-refractivity contribution < 1.29 is 13.2 Å². The van der Waals surface area contributed by atoms with Crippen LogP contribution in [0.25, 0.3) is 10.9 Å². The summed E-state index contributed by atoms with van der Waals surface area (Å²) >= 11 is 1.39. The van der Waals surface area contributed by atoms with Gasteiger partial charge in [-0.1, -0.05) is 36.9 Å². The van der Waals surface area contributed by atoms with E-state index in [9.17, 15) is 13.2 Å². The SMILES string of the molecule is CCc1ccccc1NC(=O)[C@@H](C)Sc1cc(C)c2cc(S(=O)(=O)N3CCCC3)ccc2n1. The molecule has 174 valence electrons. The van der Waals surface area contributed by atoms with Gasteiger partial charge in [0, 0.05) is 24.2 Å². The molecule has 1 aliphatic heterocycles. The molecule has 1 amide bonds. The minimum absolute atomic E-state index is 0.0764. The molecule has 1 aromatic heterocycles. The molecule has 4 rings (SSSR count). The van der Waals surface area contributed by atoms with Gasteiger partial charge in [-0.2, -0.15) is 4.31 Å². The third kappa shape index (κ3) is 5.08. The van der Waals surface area contributed by atoms with E-state index in [1.807, 2.05) is 44.2 Å². The highest BCUT2D eigenvalue weighted by molar-refractivity contribution is 8.00. The lowest BCUT2D eigenvalue weighted by molar-refractivity contribution is -0.115. The van der Waals surface area contributed by atoms with Crippen molar-refractivity contribution >= 4 is 44.3 Å². The number of nitrogens with one attached hydrogen (secondary N) is 1. The topological polar surface area (TPSA) is 79.4 Å². The van der Waals surface area contributed by atoms with E-state index in [1.165, 1.54) is 11.8 Å². The number of pyridine rings is 1. The zero-order chi connectivity index (χ0) is 23.6. The minimum atomic E-state index is -3.48. The Balaban J connectivity index is 1.53. The number of thioether (sulfide) groups is 1. The highest BCUT2D eigenvalue weighted by atomic mass is 32.2. The fourth-order valence-corrected chi connectivity index (χ4v) is 6.53. The van der Waals surface area contributed by atoms with E-state index in [-0.39, 0.29) is 11.2 Å². The fraction of sp³-hybridized carbons (Fsp3) is 0.360. The number of aromatic nitrogens is 1. The van der Waals surface area contributed by atoms with Gasteiger partial charge in [0.25, 0.3) is 0 Å². The van der Waals surface area contributed by atoms with Crippen LogP contribution in [0.5, 0.6) is 0 Å². The normalized spacial score (nSPS) is 15.6. The van der Waals surface area contributed by atoms with Gasteiger partial charge in [0.15, 0.2) is 0 Å². The fourth-order valence-electron chi connectivity index (χ4n) is 4.06. The van der Waals surface area contributed by atoms with E-state index in [2.05, 4.69) is 12.2 Å². The van der Waals surface area contributed by atoms with Gasteiger partial charge in [0.2, 0.25) is 15.9 Å². The molecule has 2 heterocycles. The number of amides is 1. The summed E-state index contributed by atoms with van der Waals surface area (Å²) in [5.41, 5.74) is 3.60. The van der Waals surface area contributed by atoms with Gasteiger partial charge in [-0.15, -0.1) is 0 Å². The molecule has 0 radical (unpaired) electrons. The van der Waals surface area contributed by atoms with Crippen LogP contribution < -0.4 is 5.32 Å². The van der Waals surface area contributed by atoms with Crippen molar-refractivity contribution in [2.75, 3.05) is 18.4 Å². The Bertz CT molecular complexity index is 1290. The summed E-state index contributed by atoms with van der Waals surface area (Å²) in [6.45, 7) is 7.03. The number of rotatable bonds is 7. The number of fused-ring (bicyclic) bond motifs is 1. The van der Waals surface area contributed by atoms with Crippen LogP contribution >= 0.6 is 11.8 Å². The summed E-state index contributed by atoms with van der Waals surface area (Å²) in [4.78, 5) is 17.8. The maximum absolute atomic E-state index is 12.9. The van der Waals surface area contributed by atoms with E-state index >= 15 is 0 Å². The predicted octanol–water partition coefficient (Wildman–Crippen LogP) is 5.01. The van der Waals surface area contributed by atoms with E-state index in [1.54, 1.807) is 22.5 Å². The van der Waals surface area contributed by atoms with Crippen molar-refractivity contribution in [3.63, 3.8) is 0 Å². The summed E-state index contributed by atoms with van der Waals surface area (Å²) in [7, 11) is -3.48. The van der Waals surface area contributed by atoms with Crippen LogP contribution in [0.2, 0.25) is 0 Å². The second-order valence-corrected chi connectivity index (χ2v) is 11.6. The van der Waals surface area contributed by atoms with Crippen molar-refractivity contribution in [2.45, 2.75) is 55.2 Å². The first-order valence-corrected chi connectivity index (χ1v) is 13.6. The van der Waals surface area contributed by atoms with Gasteiger partial charge in [0.05, 0.1) is 20.7 Å². The predicted molar refractivity (Wildman–Crippen MR) is 134 cm³/mol. The van der Waals surface area contributed by atoms with E-state index < -0.39 is 10.0 Å². The molecule has 1 N–H and O–H groups in total. The molecule has 33 heavy (non-hydrogen) atoms. The molecule has 0 bridgehead atoms. The summed E-state index contributed by atoms with van der Waals surface area (Å²) in [5, 5.41) is 4.24. The van der Waals surface area contributed by atoms with Crippen LogP contribution in [0.3, 0.4) is 0 Å². The Morgan fingerprint density at radius 3 is 2.61 bits per heavy atom. The molecule has 0 saturated carbocycles. The molecule has 6 nitrogen and oxygen atoms in total. The molecule has 1 aliphatic rings. The van der Waals surface area contributed by atoms with Crippen molar-refractivity contribution in [1.29, 1.82) is 0 Å². The van der Waals surface area contributed by atoms with Gasteiger partial charge >= 0.3 is 0 Å². The van der Waals surface area contributed by atoms with Gasteiger partial charge in [-0.05, 0) is 74.6 Å². The standard InChI is InChI=1S/C25H29N3O3S2/c1-4-19-9-5-6-10-22(19)27-25(29)18(3)32-24-15-17(2)21-16-20(11-12-23(21)26-24)33(30,31)28-13-7-8-14-28/h5-6,9-12,15-16,18H,4,7-8,13-14H2,1-3H3,(H,27,29)/t18-/m1/s1. The number of para-hydroxylation sites is 1. The van der Waals surface area contributed by atoms with E-state index in [4.69, 9.17) is 4.98 Å². The third-order valence-corrected chi connectivity index (χ3v) is 8.90. The lowest BCUT2D eigenvalue weighted by atomic mass is 10.1. The quantitative estimate of drug-likeness (QED) is 0.478. The van der Waals surface area contributed by atoms with Gasteiger partial charge < -0.3 is 5.32 Å². The van der Waals surface area contributed by atoms with Crippen LogP contribution in [0.4, 0.5) is 5.69 Å². The zero-order valence-corrected chi connectivity index (χ0v) is 20.8. The number of hydrogen-bond acceptors (Lipinski definition) is 5. The maximum Gasteiger partial charge on any atom is 0.243 e. The first-order valence-electron chi connectivity index (χ1n) is 11.3. The van der Waals surface area contributed by atoms with Gasteiger partial charge in [0.1, 0.15) is 0 Å². The zero-order valence-electron chi connectivity index (χ0n) is 19.2. The van der Waals surface area contributed by atoms with Crippen molar-refractivity contribution in [1.82, 2.24) is 9.29 Å². The largest absolute Gasteiger partial charge is 0.325 e. The van der Waals surface area contributed by atoms with Gasteiger partial charge in [-0.25, -0.2) is 13.4 Å². The molecule has 1 saturated heterocycles. The summed E-state index contributed by atoms with van der Waals surface area (Å²) in [6.07, 6.45) is 2.66. The Kier molecular flexibility index (Phi) is 7.07. The smallest absolute Gasteiger partial charge is 0.243 e. The molecule has 1 fully saturated rings. The Morgan fingerprint density at radius 2 is 1.88 bits per heavy atom. The number of aryl methyl sites for hydroxylation is 2. The molecular weight excluding hydrogens is 454 g/mol. The summed E-state index contributed by atoms with van der Waals surface area (Å²) in [5.74, 6) is -0.0764. The molecule has 0 aliphatic carbocycles.